The molecule has 30 heteroatoms. The number of carboxylic acids is 2. The second-order valence-corrected chi connectivity index (χ2v) is 22.2. The molecule has 492 valence electrons. The highest BCUT2D eigenvalue weighted by Crippen LogP contribution is 2.23. The number of phenolic OH excluding ortho intramolecular Hbond substituents is 3. The number of nitrogens with zero attached hydrogens (tertiary/aromatic N) is 1. The number of aldehydes is 1. The molecule has 11 atom stereocenters. The number of likely N-dealkylation sites (tertiary alicyclic amines) is 1. The van der Waals surface area contributed by atoms with Gasteiger partial charge in [-0.15, -0.1) is 0 Å². The number of carboxylic acid groups (broad SMARTS) is 2. The number of aromatic nitrogens is 1. The average Bonchev–Trinajstić information content (AvgIpc) is 3.81. The smallest absolute Gasteiger partial charge is 0.305 e. The first-order valence-corrected chi connectivity index (χ1v) is 29.3. The van der Waals surface area contributed by atoms with Gasteiger partial charge in [0.15, 0.2) is 0 Å². The molecule has 4 aromatic carbocycles. The molecule has 1 aliphatic heterocycles. The predicted octanol–water partition coefficient (Wildman–Crippen LogP) is -2.32. The number of aliphatic hydroxyl groups excluding tert-OH is 2. The quantitative estimate of drug-likeness (QED) is 0.0196. The fourth-order valence-electron chi connectivity index (χ4n) is 10.1. The molecule has 92 heavy (non-hydrogen) atoms. The lowest BCUT2D eigenvalue weighted by Crippen LogP contribution is -2.61. The lowest BCUT2D eigenvalue weighted by molar-refractivity contribution is -0.146. The first-order valence-electron chi connectivity index (χ1n) is 29.3. The van der Waals surface area contributed by atoms with Crippen molar-refractivity contribution in [1.29, 1.82) is 0 Å². The van der Waals surface area contributed by atoms with E-state index < -0.39 is 157 Å². The number of carbonyl (C=O) groups is 12. The van der Waals surface area contributed by atoms with Gasteiger partial charge in [0.25, 0.3) is 0 Å². The molecule has 0 aliphatic carbocycles. The first kappa shape index (κ1) is 70.6. The molecule has 1 aromatic heterocycles. The van der Waals surface area contributed by atoms with E-state index in [1.54, 1.807) is 42.6 Å². The van der Waals surface area contributed by atoms with E-state index in [1.807, 2.05) is 0 Å². The number of nitrogens with one attached hydrogen (secondary N) is 9. The average molecular weight is 1280 g/mol. The van der Waals surface area contributed by atoms with E-state index >= 15 is 0 Å². The number of fused-ring (bicyclic) bond motifs is 1. The highest BCUT2D eigenvalue weighted by atomic mass is 16.4. The number of aliphatic carboxylic acids is 2. The summed E-state index contributed by atoms with van der Waals surface area (Å²) in [5.74, 6) is -12.6. The first-order chi connectivity index (χ1) is 43.7. The van der Waals surface area contributed by atoms with Crippen molar-refractivity contribution in [3.8, 4) is 17.2 Å². The van der Waals surface area contributed by atoms with Crippen LogP contribution < -0.4 is 48.3 Å². The van der Waals surface area contributed by atoms with Gasteiger partial charge in [0.2, 0.25) is 53.2 Å². The van der Waals surface area contributed by atoms with Gasteiger partial charge in [-0.1, -0.05) is 54.6 Å². The number of amides is 9. The third kappa shape index (κ3) is 20.8. The Morgan fingerprint density at radius 1 is 0.587 bits per heavy atom. The van der Waals surface area contributed by atoms with Gasteiger partial charge in [0, 0.05) is 42.9 Å². The molecule has 0 spiro atoms. The molecule has 18 N–H and O–H groups in total. The largest absolute Gasteiger partial charge is 0.508 e. The minimum atomic E-state index is -1.91. The molecule has 30 nitrogen and oxygen atoms in total. The summed E-state index contributed by atoms with van der Waals surface area (Å²) in [6.45, 7) is 1.09. The Kier molecular flexibility index (Phi) is 25.6. The van der Waals surface area contributed by atoms with Crippen LogP contribution in [0.25, 0.3) is 10.9 Å². The van der Waals surface area contributed by atoms with Gasteiger partial charge in [-0.05, 0) is 111 Å². The summed E-state index contributed by atoms with van der Waals surface area (Å²) in [4.78, 5) is 165. The topological polar surface area (TPSA) is 488 Å². The lowest BCUT2D eigenvalue weighted by Gasteiger charge is -2.30. The monoisotopic (exact) mass is 1280 g/mol. The Labute approximate surface area is 526 Å². The molecule has 9 amide bonds. The third-order valence-electron chi connectivity index (χ3n) is 15.0. The van der Waals surface area contributed by atoms with E-state index in [0.717, 1.165) is 18.7 Å². The van der Waals surface area contributed by atoms with E-state index in [-0.39, 0.29) is 62.3 Å². The summed E-state index contributed by atoms with van der Waals surface area (Å²) in [6, 6.07) is 10.3. The molecular weight excluding hydrogens is 1200 g/mol. The number of aromatic amines is 1. The number of para-hydroxylation sites is 1. The third-order valence-corrected chi connectivity index (χ3v) is 15.0. The van der Waals surface area contributed by atoms with Gasteiger partial charge < -0.3 is 98.7 Å². The Balaban J connectivity index is 1.10. The molecule has 0 unspecified atom stereocenters. The number of hydrogen-bond donors (Lipinski definition) is 17. The zero-order chi connectivity index (χ0) is 67.3. The minimum absolute atomic E-state index is 0.0125. The molecule has 2 heterocycles. The van der Waals surface area contributed by atoms with Crippen LogP contribution in [0.2, 0.25) is 0 Å². The van der Waals surface area contributed by atoms with E-state index in [4.69, 9.17) is 5.73 Å². The molecule has 5 aromatic rings. The summed E-state index contributed by atoms with van der Waals surface area (Å²) in [6.07, 6.45) is -4.03. The van der Waals surface area contributed by atoms with Gasteiger partial charge in [-0.25, -0.2) is 0 Å². The zero-order valence-electron chi connectivity index (χ0n) is 50.1. The van der Waals surface area contributed by atoms with Gasteiger partial charge in [-0.3, -0.25) is 52.7 Å². The number of phenols is 3. The van der Waals surface area contributed by atoms with Crippen LogP contribution >= 0.6 is 0 Å². The summed E-state index contributed by atoms with van der Waals surface area (Å²) < 4.78 is 0. The fourth-order valence-corrected chi connectivity index (χ4v) is 10.1. The normalized spacial score (nSPS) is 16.1. The van der Waals surface area contributed by atoms with E-state index in [1.165, 1.54) is 60.7 Å². The number of carbonyl (C=O) groups excluding carboxylic acids is 10. The maximum atomic E-state index is 14.3. The van der Waals surface area contributed by atoms with Gasteiger partial charge >= 0.3 is 11.9 Å². The van der Waals surface area contributed by atoms with Crippen molar-refractivity contribution < 1.29 is 93.3 Å². The van der Waals surface area contributed by atoms with Gasteiger partial charge in [-0.2, -0.15) is 0 Å². The van der Waals surface area contributed by atoms with Crippen LogP contribution in [-0.4, -0.2) is 197 Å². The summed E-state index contributed by atoms with van der Waals surface area (Å²) in [5, 5.41) is 90.1. The lowest BCUT2D eigenvalue weighted by atomic mass is 10.0. The Hall–Kier alpha value is -10.5. The minimum Gasteiger partial charge on any atom is -0.508 e. The molecule has 0 bridgehead atoms. The maximum absolute atomic E-state index is 14.3. The van der Waals surface area contributed by atoms with Crippen molar-refractivity contribution in [2.75, 3.05) is 13.1 Å². The van der Waals surface area contributed by atoms with Crippen LogP contribution in [0, 0.1) is 0 Å². The highest BCUT2D eigenvalue weighted by Gasteiger charge is 2.41. The molecule has 0 radical (unpaired) electrons. The van der Waals surface area contributed by atoms with Crippen molar-refractivity contribution in [3.05, 3.63) is 126 Å². The van der Waals surface area contributed by atoms with Gasteiger partial charge in [0.1, 0.15) is 65.8 Å². The SMILES string of the molecule is C[C@@H](O)[C@H](NC(=O)CNC(=O)[C@@H](NC(=O)[C@H](CCC(=O)O)NC(=O)[C@@H]1CCCN1C(=O)[C@H](CC(=O)O)NC(=O)[C@H](Cc1ccc(O)cc1)NC(=O)[C@@H](N)Cc1ccc(O)cc1)[C@@H](C)O)C(=O)N[C@@H](Cc1c[nH]c2ccccc12)C(=O)N[C@H](C=O)Cc1ccc(O)cc1. The van der Waals surface area contributed by atoms with Crippen LogP contribution in [0.5, 0.6) is 17.2 Å². The second-order valence-electron chi connectivity index (χ2n) is 22.2. The van der Waals surface area contributed by atoms with E-state index in [0.29, 0.717) is 39.4 Å². The fraction of sp³-hybridized carbons (Fsp3) is 0.387. The highest BCUT2D eigenvalue weighted by molar-refractivity contribution is 5.99. The van der Waals surface area contributed by atoms with Crippen molar-refractivity contribution in [2.45, 2.75) is 138 Å². The van der Waals surface area contributed by atoms with Gasteiger partial charge in [0.05, 0.1) is 37.3 Å². The van der Waals surface area contributed by atoms with Crippen LogP contribution in [-0.2, 0) is 83.2 Å². The van der Waals surface area contributed by atoms with Crippen molar-refractivity contribution in [3.63, 3.8) is 0 Å². The molecule has 0 saturated carbocycles. The van der Waals surface area contributed by atoms with Crippen molar-refractivity contribution in [1.82, 2.24) is 52.4 Å². The number of H-pyrrole nitrogens is 1. The number of hydrogen-bond acceptors (Lipinski definition) is 18. The number of nitrogens with two attached hydrogens (primary N) is 1. The van der Waals surface area contributed by atoms with Crippen LogP contribution in [0.1, 0.15) is 68.2 Å². The Bertz CT molecular complexity index is 3450. The summed E-state index contributed by atoms with van der Waals surface area (Å²) >= 11 is 0. The molecule has 1 fully saturated rings. The number of rotatable bonds is 33. The maximum Gasteiger partial charge on any atom is 0.305 e. The molecule has 6 rings (SSSR count). The Morgan fingerprint density at radius 3 is 1.68 bits per heavy atom. The number of benzene rings is 4. The Morgan fingerprint density at radius 2 is 1.11 bits per heavy atom. The number of aromatic hydroxyl groups is 3. The second kappa shape index (κ2) is 33.4. The van der Waals surface area contributed by atoms with Crippen LogP contribution in [0.3, 0.4) is 0 Å². The molecule has 1 aliphatic rings. The molecule has 1 saturated heterocycles. The zero-order valence-corrected chi connectivity index (χ0v) is 50.1. The van der Waals surface area contributed by atoms with Crippen molar-refractivity contribution >= 4 is 82.3 Å². The van der Waals surface area contributed by atoms with E-state index in [2.05, 4.69) is 47.5 Å². The van der Waals surface area contributed by atoms with Crippen LogP contribution in [0.4, 0.5) is 0 Å². The summed E-state index contributed by atoms with van der Waals surface area (Å²) in [7, 11) is 0. The van der Waals surface area contributed by atoms with E-state index in [9.17, 15) is 93.3 Å². The van der Waals surface area contributed by atoms with Crippen LogP contribution in [0.15, 0.2) is 103 Å². The summed E-state index contributed by atoms with van der Waals surface area (Å²) in [5.41, 5.74) is 9.03. The predicted molar refractivity (Wildman–Crippen MR) is 325 cm³/mol. The number of aliphatic hydroxyl groups is 2. The molecular formula is C62H75N11O19. The standard InChI is InChI=1S/C62H75N11O19/c1-32(75)53(60(90)65-30-50(80)71-54(33(2)76)61(91)69-47(27-37-29-64-44-7-4-3-6-42(37)44)57(87)66-38(31-74)24-34-9-15-39(77)16-10-34)72-56(86)45(21-22-51(81)82)67-59(89)49-8-5-23-73(49)62(92)48(28-52(83)84)70-58(88)46(26-36-13-19-41(79)20-14-36)68-55(85)43(63)25-35-11-17-40(78)18-12-35/h3-4,6-7,9-20,29,31-33,38,43,45-49,53-54,64,75-79H,5,8,21-28,30,63H2,1-2H3,(H,65,90)(H,66,87)(H,67,89)(H,68,85)(H,69,91)(H,70,88)(H,71,80)(H,72,86)(H,81,82)(H,83,84)/t32-,33-,38+,43+,45+,46+,47+,48+,49+,53+,54+/m1/s1. The van der Waals surface area contributed by atoms with Crippen molar-refractivity contribution in [2.24, 2.45) is 5.73 Å².